The van der Waals surface area contributed by atoms with Crippen LogP contribution in [0.2, 0.25) is 0 Å². The number of rotatable bonds is 1. The van der Waals surface area contributed by atoms with Gasteiger partial charge in [-0.2, -0.15) is 0 Å². The van der Waals surface area contributed by atoms with Crippen molar-refractivity contribution in [3.8, 4) is 0 Å². The lowest BCUT2D eigenvalue weighted by molar-refractivity contribution is 0.0156. The molecule has 0 bridgehead atoms. The third kappa shape index (κ3) is 2.56. The minimum absolute atomic E-state index is 0.261. The molecule has 0 aromatic rings. The lowest BCUT2D eigenvalue weighted by Crippen LogP contribution is -2.37. The summed E-state index contributed by atoms with van der Waals surface area (Å²) in [6.45, 7) is 5.09. The van der Waals surface area contributed by atoms with E-state index in [1.165, 1.54) is 7.05 Å². The third-order valence-corrected chi connectivity index (χ3v) is 1.94. The van der Waals surface area contributed by atoms with E-state index in [1.54, 1.807) is 20.8 Å². The van der Waals surface area contributed by atoms with Gasteiger partial charge in [0.05, 0.1) is 0 Å². The van der Waals surface area contributed by atoms with Crippen LogP contribution in [0.25, 0.3) is 0 Å². The number of amides is 1. The summed E-state index contributed by atoms with van der Waals surface area (Å²) in [5.74, 6) is -2.73. The molecule has 14 heavy (non-hydrogen) atoms. The van der Waals surface area contributed by atoms with Gasteiger partial charge in [-0.05, 0) is 20.8 Å². The summed E-state index contributed by atoms with van der Waals surface area (Å²) in [4.78, 5) is 12.3. The molecule has 1 saturated carbocycles. The van der Waals surface area contributed by atoms with E-state index < -0.39 is 23.7 Å². The first-order chi connectivity index (χ1) is 6.13. The van der Waals surface area contributed by atoms with Gasteiger partial charge >= 0.3 is 6.09 Å². The molecule has 0 heterocycles. The normalized spacial score (nSPS) is 24.3. The highest BCUT2D eigenvalue weighted by molar-refractivity contribution is 5.69. The van der Waals surface area contributed by atoms with Gasteiger partial charge in [-0.1, -0.05) is 0 Å². The molecule has 0 aromatic carbocycles. The third-order valence-electron chi connectivity index (χ3n) is 1.94. The molecule has 1 atom stereocenters. The van der Waals surface area contributed by atoms with Crippen molar-refractivity contribution >= 4 is 6.09 Å². The highest BCUT2D eigenvalue weighted by atomic mass is 19.3. The Morgan fingerprint density at radius 1 is 1.50 bits per heavy atom. The molecule has 1 aliphatic rings. The van der Waals surface area contributed by atoms with Gasteiger partial charge in [0.2, 0.25) is 0 Å². The zero-order chi connectivity index (χ0) is 11.1. The maximum Gasteiger partial charge on any atom is 0.410 e. The van der Waals surface area contributed by atoms with E-state index >= 15 is 0 Å². The van der Waals surface area contributed by atoms with Crippen LogP contribution < -0.4 is 0 Å². The van der Waals surface area contributed by atoms with E-state index in [0.717, 1.165) is 4.90 Å². The second-order valence-corrected chi connectivity index (χ2v) is 4.57. The van der Waals surface area contributed by atoms with Crippen molar-refractivity contribution < 1.29 is 18.3 Å². The zero-order valence-electron chi connectivity index (χ0n) is 8.80. The lowest BCUT2D eigenvalue weighted by Gasteiger charge is -2.24. The van der Waals surface area contributed by atoms with E-state index in [4.69, 9.17) is 4.74 Å². The van der Waals surface area contributed by atoms with Crippen LogP contribution in [0.3, 0.4) is 0 Å². The molecule has 0 aliphatic heterocycles. The van der Waals surface area contributed by atoms with Crippen molar-refractivity contribution in [3.63, 3.8) is 0 Å². The van der Waals surface area contributed by atoms with Gasteiger partial charge in [-0.3, -0.25) is 0 Å². The fourth-order valence-electron chi connectivity index (χ4n) is 1.08. The zero-order valence-corrected chi connectivity index (χ0v) is 8.80. The Labute approximate surface area is 82.0 Å². The predicted molar refractivity (Wildman–Crippen MR) is 47.3 cm³/mol. The van der Waals surface area contributed by atoms with Gasteiger partial charge in [0.1, 0.15) is 11.6 Å². The molecule has 1 amide bonds. The maximum atomic E-state index is 12.6. The Morgan fingerprint density at radius 2 is 1.93 bits per heavy atom. The maximum absolute atomic E-state index is 12.6. The molecule has 0 radical (unpaired) electrons. The summed E-state index contributed by atoms with van der Waals surface area (Å²) < 4.78 is 30.1. The number of hydrogen-bond donors (Lipinski definition) is 0. The largest absolute Gasteiger partial charge is 0.444 e. The number of nitrogens with zero attached hydrogens (tertiary/aromatic N) is 1. The average molecular weight is 207 g/mol. The first-order valence-electron chi connectivity index (χ1n) is 4.47. The fourth-order valence-corrected chi connectivity index (χ4v) is 1.08. The smallest absolute Gasteiger partial charge is 0.410 e. The van der Waals surface area contributed by atoms with Crippen molar-refractivity contribution in [1.29, 1.82) is 0 Å². The molecule has 0 aromatic heterocycles. The number of alkyl halides is 2. The van der Waals surface area contributed by atoms with E-state index in [0.29, 0.717) is 0 Å². The number of carbonyl (C=O) groups is 1. The van der Waals surface area contributed by atoms with Crippen LogP contribution >= 0.6 is 0 Å². The molecular formula is C9H15F2NO2. The molecule has 1 fully saturated rings. The summed E-state index contributed by atoms with van der Waals surface area (Å²) in [5, 5.41) is 0. The van der Waals surface area contributed by atoms with Crippen LogP contribution in [0, 0.1) is 0 Å². The second kappa shape index (κ2) is 3.07. The van der Waals surface area contributed by atoms with Crippen LogP contribution in [-0.2, 0) is 4.74 Å². The molecule has 3 nitrogen and oxygen atoms in total. The lowest BCUT2D eigenvalue weighted by atomic mass is 10.2. The summed E-state index contributed by atoms with van der Waals surface area (Å²) in [5.41, 5.74) is -0.643. The van der Waals surface area contributed by atoms with Crippen LogP contribution in [0.4, 0.5) is 13.6 Å². The molecule has 82 valence electrons. The summed E-state index contributed by atoms with van der Waals surface area (Å²) in [6.07, 6.45) is -0.956. The van der Waals surface area contributed by atoms with Crippen molar-refractivity contribution in [1.82, 2.24) is 4.90 Å². The number of ether oxygens (including phenoxy) is 1. The highest BCUT2D eigenvalue weighted by Crippen LogP contribution is 2.45. The van der Waals surface area contributed by atoms with Crippen LogP contribution in [0.15, 0.2) is 0 Å². The van der Waals surface area contributed by atoms with Gasteiger partial charge in [0.25, 0.3) is 5.92 Å². The summed E-state index contributed by atoms with van der Waals surface area (Å²) in [6, 6.07) is -0.989. The molecule has 5 heteroatoms. The van der Waals surface area contributed by atoms with Gasteiger partial charge in [-0.25, -0.2) is 13.6 Å². The Morgan fingerprint density at radius 3 is 2.21 bits per heavy atom. The van der Waals surface area contributed by atoms with Crippen LogP contribution in [0.1, 0.15) is 27.2 Å². The Hall–Kier alpha value is -0.870. The minimum Gasteiger partial charge on any atom is -0.444 e. The van der Waals surface area contributed by atoms with Crippen LogP contribution in [-0.4, -0.2) is 35.6 Å². The van der Waals surface area contributed by atoms with Gasteiger partial charge < -0.3 is 9.64 Å². The Bertz CT molecular complexity index is 248. The van der Waals surface area contributed by atoms with Crippen LogP contribution in [0.5, 0.6) is 0 Å². The number of halogens is 2. The average Bonchev–Trinajstić information content (AvgIpc) is 2.54. The minimum atomic E-state index is -2.73. The number of carbonyl (C=O) groups excluding carboxylic acids is 1. The van der Waals surface area contributed by atoms with E-state index in [2.05, 4.69) is 0 Å². The van der Waals surface area contributed by atoms with E-state index in [1.807, 2.05) is 0 Å². The molecule has 1 rings (SSSR count). The first-order valence-corrected chi connectivity index (χ1v) is 4.47. The summed E-state index contributed by atoms with van der Waals surface area (Å²) in [7, 11) is 1.33. The monoisotopic (exact) mass is 207 g/mol. The SMILES string of the molecule is CN(C(=O)OC(C)(C)C)C1CC1(F)F. The molecule has 0 spiro atoms. The molecule has 0 saturated heterocycles. The molecular weight excluding hydrogens is 192 g/mol. The van der Waals surface area contributed by atoms with Gasteiger partial charge in [0, 0.05) is 13.5 Å². The topological polar surface area (TPSA) is 29.5 Å². The van der Waals surface area contributed by atoms with Crippen molar-refractivity contribution in [3.05, 3.63) is 0 Å². The Balaban J connectivity index is 2.47. The molecule has 0 N–H and O–H groups in total. The highest BCUT2D eigenvalue weighted by Gasteiger charge is 2.60. The van der Waals surface area contributed by atoms with Crippen molar-refractivity contribution in [2.24, 2.45) is 0 Å². The van der Waals surface area contributed by atoms with Crippen molar-refractivity contribution in [2.45, 2.75) is 44.8 Å². The van der Waals surface area contributed by atoms with E-state index in [-0.39, 0.29) is 6.42 Å². The predicted octanol–water partition coefficient (Wildman–Crippen LogP) is 2.26. The standard InChI is InChI=1S/C9H15F2NO2/c1-8(2,3)14-7(13)12(4)6-5-9(6,10)11/h6H,5H2,1-4H3. The summed E-state index contributed by atoms with van der Waals surface area (Å²) >= 11 is 0. The fraction of sp³-hybridized carbons (Fsp3) is 0.889. The van der Waals surface area contributed by atoms with E-state index in [9.17, 15) is 13.6 Å². The van der Waals surface area contributed by atoms with Gasteiger partial charge in [-0.15, -0.1) is 0 Å². The second-order valence-electron chi connectivity index (χ2n) is 4.57. The Kier molecular flexibility index (Phi) is 2.46. The number of hydrogen-bond acceptors (Lipinski definition) is 2. The first kappa shape index (κ1) is 11.2. The molecule has 1 aliphatic carbocycles. The van der Waals surface area contributed by atoms with Crippen molar-refractivity contribution in [2.75, 3.05) is 7.05 Å². The van der Waals surface area contributed by atoms with Gasteiger partial charge in [0.15, 0.2) is 0 Å². The molecule has 1 unspecified atom stereocenters. The quantitative estimate of drug-likeness (QED) is 0.660.